The molecule has 0 saturated heterocycles. The van der Waals surface area contributed by atoms with Crippen molar-refractivity contribution in [3.8, 4) is 39.3 Å². The van der Waals surface area contributed by atoms with Crippen molar-refractivity contribution in [2.24, 2.45) is 7.05 Å². The summed E-state index contributed by atoms with van der Waals surface area (Å²) in [6, 6.07) is 12.6. The third-order valence-corrected chi connectivity index (χ3v) is 6.78. The average molecular weight is 505 g/mol. The van der Waals surface area contributed by atoms with Gasteiger partial charge in [0.15, 0.2) is 0 Å². The molecule has 4 aromatic heterocycles. The fraction of sp³-hybridized carbons (Fsp3) is 0.214. The number of imidazole rings is 1. The fourth-order valence-electron chi connectivity index (χ4n) is 4.80. The van der Waals surface area contributed by atoms with Crippen molar-refractivity contribution in [1.29, 1.82) is 0 Å². The molecule has 0 saturated carbocycles. The highest BCUT2D eigenvalue weighted by atomic mass is 15.3. The molecule has 6 aromatic rings. The number of benzene rings is 2. The lowest BCUT2D eigenvalue weighted by Crippen LogP contribution is -2.23. The van der Waals surface area contributed by atoms with E-state index in [-0.39, 0.29) is 11.5 Å². The van der Waals surface area contributed by atoms with Gasteiger partial charge < -0.3 is 10.3 Å². The van der Waals surface area contributed by atoms with E-state index in [1.54, 1.807) is 23.4 Å². The highest BCUT2D eigenvalue weighted by molar-refractivity contribution is 5.88. The largest absolute Gasteiger partial charge is 0.368 e. The standard InChI is InChI=1S/C28H28N10/c1-17-22(14-33-36(17)5)19-7-8-24(37-16-30-15-34-37)21(10-19)26-35-23-11-18(20-12-31-27(29)32-13-20)6-9-25(23)38(26)28(2,3)4/h6-16H,1-5H3,(H2,29,31,32). The Morgan fingerprint density at radius 1 is 0.842 bits per heavy atom. The molecule has 0 atom stereocenters. The molecule has 0 aliphatic heterocycles. The Morgan fingerprint density at radius 3 is 2.26 bits per heavy atom. The van der Waals surface area contributed by atoms with Crippen LogP contribution in [0.4, 0.5) is 5.95 Å². The Balaban J connectivity index is 1.62. The fourth-order valence-corrected chi connectivity index (χ4v) is 4.80. The van der Waals surface area contributed by atoms with E-state index in [9.17, 15) is 0 Å². The van der Waals surface area contributed by atoms with Crippen LogP contribution >= 0.6 is 0 Å². The van der Waals surface area contributed by atoms with E-state index in [0.29, 0.717) is 0 Å². The van der Waals surface area contributed by atoms with Gasteiger partial charge in [0.25, 0.3) is 0 Å². The van der Waals surface area contributed by atoms with Gasteiger partial charge in [-0.1, -0.05) is 12.1 Å². The smallest absolute Gasteiger partial charge is 0.219 e. The van der Waals surface area contributed by atoms with Crippen LogP contribution in [-0.4, -0.2) is 44.1 Å². The summed E-state index contributed by atoms with van der Waals surface area (Å²) in [5.41, 5.74) is 14.2. The molecule has 0 spiro atoms. The third-order valence-electron chi connectivity index (χ3n) is 6.78. The molecule has 6 rings (SSSR count). The number of nitrogens with zero attached hydrogens (tertiary/aromatic N) is 9. The van der Waals surface area contributed by atoms with Crippen molar-refractivity contribution < 1.29 is 0 Å². The minimum Gasteiger partial charge on any atom is -0.368 e. The van der Waals surface area contributed by atoms with Crippen molar-refractivity contribution in [1.82, 2.24) is 44.1 Å². The second-order valence-electron chi connectivity index (χ2n) is 10.3. The van der Waals surface area contributed by atoms with Gasteiger partial charge in [0.2, 0.25) is 5.95 Å². The summed E-state index contributed by atoms with van der Waals surface area (Å²) in [4.78, 5) is 17.7. The number of nitrogens with two attached hydrogens (primary N) is 1. The Bertz CT molecular complexity index is 1770. The summed E-state index contributed by atoms with van der Waals surface area (Å²) in [5.74, 6) is 1.09. The van der Waals surface area contributed by atoms with Crippen LogP contribution in [0, 0.1) is 6.92 Å². The van der Waals surface area contributed by atoms with Crippen LogP contribution in [0.1, 0.15) is 26.5 Å². The van der Waals surface area contributed by atoms with Crippen molar-refractivity contribution in [3.63, 3.8) is 0 Å². The van der Waals surface area contributed by atoms with Crippen LogP contribution in [0.25, 0.3) is 50.4 Å². The van der Waals surface area contributed by atoms with Gasteiger partial charge in [0.1, 0.15) is 18.5 Å². The molecule has 2 N–H and O–H groups in total. The SMILES string of the molecule is Cc1c(-c2ccc(-n3cncn3)c(-c3nc4cc(-c5cnc(N)nc5)ccc4n3C(C)(C)C)c2)cnn1C. The van der Waals surface area contributed by atoms with Gasteiger partial charge in [-0.15, -0.1) is 0 Å². The van der Waals surface area contributed by atoms with Gasteiger partial charge in [-0.2, -0.15) is 10.2 Å². The Labute approximate surface area is 219 Å². The van der Waals surface area contributed by atoms with E-state index in [1.165, 1.54) is 6.33 Å². The number of hydrogen-bond acceptors (Lipinski definition) is 7. The zero-order valence-electron chi connectivity index (χ0n) is 22.0. The summed E-state index contributed by atoms with van der Waals surface area (Å²) >= 11 is 0. The average Bonchev–Trinajstić information content (AvgIpc) is 3.63. The van der Waals surface area contributed by atoms with Crippen molar-refractivity contribution in [3.05, 3.63) is 73.3 Å². The van der Waals surface area contributed by atoms with Crippen LogP contribution in [0.3, 0.4) is 0 Å². The van der Waals surface area contributed by atoms with Crippen LogP contribution in [0.5, 0.6) is 0 Å². The molecule has 0 bridgehead atoms. The van der Waals surface area contributed by atoms with E-state index in [1.807, 2.05) is 17.9 Å². The number of aromatic nitrogens is 9. The van der Waals surface area contributed by atoms with Crippen molar-refractivity contribution in [2.75, 3.05) is 5.73 Å². The maximum Gasteiger partial charge on any atom is 0.219 e. The van der Waals surface area contributed by atoms with Crippen LogP contribution < -0.4 is 5.73 Å². The zero-order chi connectivity index (χ0) is 26.6. The minimum absolute atomic E-state index is 0.249. The van der Waals surface area contributed by atoms with Gasteiger partial charge in [-0.3, -0.25) is 4.68 Å². The van der Waals surface area contributed by atoms with Gasteiger partial charge in [0, 0.05) is 47.4 Å². The van der Waals surface area contributed by atoms with Gasteiger partial charge in [-0.05, 0) is 63.1 Å². The molecule has 2 aromatic carbocycles. The zero-order valence-corrected chi connectivity index (χ0v) is 22.0. The van der Waals surface area contributed by atoms with E-state index in [0.717, 1.165) is 56.1 Å². The summed E-state index contributed by atoms with van der Waals surface area (Å²) in [6.45, 7) is 8.62. The highest BCUT2D eigenvalue weighted by Crippen LogP contribution is 2.38. The molecule has 10 heteroatoms. The first-order chi connectivity index (χ1) is 18.2. The van der Waals surface area contributed by atoms with Crippen molar-refractivity contribution >= 4 is 17.0 Å². The number of fused-ring (bicyclic) bond motifs is 1. The summed E-state index contributed by atoms with van der Waals surface area (Å²) in [7, 11) is 1.95. The van der Waals surface area contributed by atoms with Crippen molar-refractivity contribution in [2.45, 2.75) is 33.2 Å². The van der Waals surface area contributed by atoms with E-state index in [2.05, 4.69) is 93.8 Å². The summed E-state index contributed by atoms with van der Waals surface area (Å²) in [6.07, 6.45) is 8.60. The predicted octanol–water partition coefficient (Wildman–Crippen LogP) is 4.79. The molecule has 0 aliphatic carbocycles. The number of anilines is 1. The Hall–Kier alpha value is -4.86. The number of nitrogen functional groups attached to an aromatic ring is 1. The van der Waals surface area contributed by atoms with E-state index < -0.39 is 0 Å². The Morgan fingerprint density at radius 2 is 1.61 bits per heavy atom. The molecule has 190 valence electrons. The number of hydrogen-bond donors (Lipinski definition) is 1. The van der Waals surface area contributed by atoms with Gasteiger partial charge in [-0.25, -0.2) is 24.6 Å². The molecule has 0 radical (unpaired) electrons. The second-order valence-corrected chi connectivity index (χ2v) is 10.3. The normalized spacial score (nSPS) is 11.9. The lowest BCUT2D eigenvalue weighted by molar-refractivity contribution is 0.413. The molecule has 10 nitrogen and oxygen atoms in total. The van der Waals surface area contributed by atoms with E-state index >= 15 is 0 Å². The molecular formula is C28H28N10. The topological polar surface area (TPSA) is 118 Å². The minimum atomic E-state index is -0.254. The highest BCUT2D eigenvalue weighted by Gasteiger charge is 2.25. The quantitative estimate of drug-likeness (QED) is 0.367. The number of rotatable bonds is 4. The molecule has 38 heavy (non-hydrogen) atoms. The third kappa shape index (κ3) is 3.90. The molecule has 0 amide bonds. The Kier molecular flexibility index (Phi) is 5.34. The summed E-state index contributed by atoms with van der Waals surface area (Å²) in [5, 5.41) is 8.88. The number of aryl methyl sites for hydroxylation is 1. The maximum atomic E-state index is 5.70. The van der Waals surface area contributed by atoms with Crippen LogP contribution in [0.15, 0.2) is 67.6 Å². The monoisotopic (exact) mass is 504 g/mol. The summed E-state index contributed by atoms with van der Waals surface area (Å²) < 4.78 is 5.94. The van der Waals surface area contributed by atoms with Gasteiger partial charge in [0.05, 0.1) is 22.9 Å². The lowest BCUT2D eigenvalue weighted by atomic mass is 10.0. The molecule has 0 unspecified atom stereocenters. The first-order valence-corrected chi connectivity index (χ1v) is 12.3. The predicted molar refractivity (Wildman–Crippen MR) is 147 cm³/mol. The molecule has 4 heterocycles. The maximum absolute atomic E-state index is 5.70. The molecule has 0 fully saturated rings. The second kappa shape index (κ2) is 8.62. The molecule has 0 aliphatic rings. The van der Waals surface area contributed by atoms with Gasteiger partial charge >= 0.3 is 0 Å². The van der Waals surface area contributed by atoms with Crippen LogP contribution in [-0.2, 0) is 12.6 Å². The molecular weight excluding hydrogens is 476 g/mol. The lowest BCUT2D eigenvalue weighted by Gasteiger charge is -2.25. The van der Waals surface area contributed by atoms with Crippen LogP contribution in [0.2, 0.25) is 0 Å². The van der Waals surface area contributed by atoms with E-state index in [4.69, 9.17) is 10.7 Å². The first-order valence-electron chi connectivity index (χ1n) is 12.3. The first kappa shape index (κ1) is 23.5.